The van der Waals surface area contributed by atoms with Crippen molar-refractivity contribution in [1.29, 1.82) is 0 Å². The van der Waals surface area contributed by atoms with Gasteiger partial charge in [-0.1, -0.05) is 0 Å². The van der Waals surface area contributed by atoms with Crippen LogP contribution in [-0.2, 0) is 57.1 Å². The number of carbonyl (C=O) groups excluding carboxylic acids is 4. The standard InChI is InChI=1S/C40H70N4O25/c1-3-41-21(47)6-4-5-7-24(50)44(12-22(48)42-8-10-62-37-32(58)29(55)25(51)17(2)65-37)13-23(49)43-9-11-63-39-35(61)36(69-40-34(60)31(57)27(53)19(15-46)67-40)28(54)20(68-39)16-64-38-33(59)30(56)26(52)18(14-45)66-38/h17-20,25-40,45-46,51-61H,3-16H2,1-2H3,(H,41,47)(H,42,48)(H,43,49)/t17-,18+,19+,20+,25+,26+,27+,28+,29+,30-,31-,32-,33-,34-,35-,36-,37+,38-,39+,40+/m0/s1. The minimum absolute atomic E-state index is 0.133. The lowest BCUT2D eigenvalue weighted by atomic mass is 9.96. The topological polar surface area (TPSA) is 444 Å². The first-order valence-electron chi connectivity index (χ1n) is 22.6. The molecule has 0 aromatic heterocycles. The molecule has 0 bridgehead atoms. The maximum atomic E-state index is 13.3. The molecular formula is C40H70N4O25. The molecule has 0 aliphatic carbocycles. The summed E-state index contributed by atoms with van der Waals surface area (Å²) in [6, 6.07) is 0. The third-order valence-electron chi connectivity index (χ3n) is 11.7. The van der Waals surface area contributed by atoms with Crippen LogP contribution < -0.4 is 16.0 Å². The number of ether oxygens (including phenoxy) is 8. The molecule has 4 fully saturated rings. The fourth-order valence-corrected chi connectivity index (χ4v) is 7.65. The second kappa shape index (κ2) is 28.3. The average molecular weight is 1010 g/mol. The molecule has 0 aromatic rings. The Morgan fingerprint density at radius 1 is 0.507 bits per heavy atom. The summed E-state index contributed by atoms with van der Waals surface area (Å²) in [6.45, 7) is -1.09. The van der Waals surface area contributed by atoms with Gasteiger partial charge in [0.15, 0.2) is 25.2 Å². The smallest absolute Gasteiger partial charge is 0.239 e. The zero-order valence-corrected chi connectivity index (χ0v) is 38.1. The van der Waals surface area contributed by atoms with Gasteiger partial charge >= 0.3 is 0 Å². The van der Waals surface area contributed by atoms with Gasteiger partial charge < -0.3 is 125 Å². The normalized spacial score (nSPS) is 38.2. The van der Waals surface area contributed by atoms with Crippen molar-refractivity contribution < 1.29 is 123 Å². The molecule has 0 aromatic carbocycles. The van der Waals surface area contributed by atoms with E-state index in [0.717, 1.165) is 4.90 Å². The van der Waals surface area contributed by atoms with Gasteiger partial charge in [0.25, 0.3) is 0 Å². The van der Waals surface area contributed by atoms with Crippen LogP contribution in [0.1, 0.15) is 39.5 Å². The molecule has 0 spiro atoms. The Labute approximate surface area is 395 Å². The third-order valence-corrected chi connectivity index (χ3v) is 11.7. The van der Waals surface area contributed by atoms with Crippen molar-refractivity contribution in [2.75, 3.05) is 65.8 Å². The van der Waals surface area contributed by atoms with Crippen LogP contribution >= 0.6 is 0 Å². The Morgan fingerprint density at radius 2 is 0.971 bits per heavy atom. The highest BCUT2D eigenvalue weighted by atomic mass is 16.8. The van der Waals surface area contributed by atoms with Crippen LogP contribution in [0.15, 0.2) is 0 Å². The van der Waals surface area contributed by atoms with E-state index >= 15 is 0 Å². The van der Waals surface area contributed by atoms with Gasteiger partial charge in [-0.05, 0) is 26.7 Å². The second-order valence-corrected chi connectivity index (χ2v) is 16.9. The van der Waals surface area contributed by atoms with Crippen LogP contribution in [0.4, 0.5) is 0 Å². The number of hydrogen-bond acceptors (Lipinski definition) is 25. The van der Waals surface area contributed by atoms with Gasteiger partial charge in [-0.25, -0.2) is 0 Å². The van der Waals surface area contributed by atoms with Gasteiger partial charge in [0.1, 0.15) is 105 Å². The van der Waals surface area contributed by atoms with Gasteiger partial charge in [0.2, 0.25) is 23.6 Å². The summed E-state index contributed by atoms with van der Waals surface area (Å²) in [5, 5.41) is 141. The molecule has 20 atom stereocenters. The number of carbonyl (C=O) groups is 4. The van der Waals surface area contributed by atoms with E-state index in [1.165, 1.54) is 6.92 Å². The number of aliphatic hydroxyl groups excluding tert-OH is 13. The molecule has 29 heteroatoms. The highest BCUT2D eigenvalue weighted by Gasteiger charge is 2.52. The number of nitrogens with one attached hydrogen (secondary N) is 3. The Kier molecular flexibility index (Phi) is 24.1. The van der Waals surface area contributed by atoms with Crippen LogP contribution in [0.2, 0.25) is 0 Å². The monoisotopic (exact) mass is 1010 g/mol. The largest absolute Gasteiger partial charge is 0.394 e. The van der Waals surface area contributed by atoms with Gasteiger partial charge in [-0.3, -0.25) is 19.2 Å². The zero-order chi connectivity index (χ0) is 51.1. The first-order chi connectivity index (χ1) is 32.7. The molecule has 400 valence electrons. The van der Waals surface area contributed by atoms with Crippen LogP contribution in [0.5, 0.6) is 0 Å². The van der Waals surface area contributed by atoms with E-state index in [4.69, 9.17) is 37.9 Å². The Hall–Kier alpha value is -2.96. The maximum Gasteiger partial charge on any atom is 0.239 e. The Balaban J connectivity index is 1.37. The maximum absolute atomic E-state index is 13.3. The number of hydrogen-bond donors (Lipinski definition) is 16. The average Bonchev–Trinajstić information content (AvgIpc) is 3.32. The first-order valence-corrected chi connectivity index (χ1v) is 22.6. The minimum atomic E-state index is -1.98. The SMILES string of the molecule is CCNC(=O)CCCCC(=O)N(CC(=O)NCCO[C@@H]1O[C@@H](C)[C@@H](O)[C@@H](O)[C@@H]1O)CC(=O)NCCO[C@@H]1O[C@H](CO[C@H]2O[C@H](CO)[C@@H](O)[C@H](O)[C@@H]2O)[C@@H](O)[C@H](O[C@H]2O[C@H](CO)[C@@H](O)[C@H](O)[C@@H]2O)[C@@H]1O. The Morgan fingerprint density at radius 3 is 1.51 bits per heavy atom. The van der Waals surface area contributed by atoms with E-state index in [1.807, 2.05) is 0 Å². The fourth-order valence-electron chi connectivity index (χ4n) is 7.65. The summed E-state index contributed by atoms with van der Waals surface area (Å²) in [6.07, 6.45) is -32.5. The lowest BCUT2D eigenvalue weighted by Gasteiger charge is -2.46. The molecular weight excluding hydrogens is 936 g/mol. The van der Waals surface area contributed by atoms with Crippen LogP contribution in [0.25, 0.3) is 0 Å². The summed E-state index contributed by atoms with van der Waals surface area (Å²) in [7, 11) is 0. The van der Waals surface area contributed by atoms with E-state index in [2.05, 4.69) is 16.0 Å². The van der Waals surface area contributed by atoms with E-state index in [9.17, 15) is 85.6 Å². The van der Waals surface area contributed by atoms with Crippen molar-refractivity contribution in [3.8, 4) is 0 Å². The molecule has 4 saturated heterocycles. The first kappa shape index (κ1) is 58.6. The molecule has 69 heavy (non-hydrogen) atoms. The number of nitrogens with zero attached hydrogens (tertiary/aromatic N) is 1. The summed E-state index contributed by atoms with van der Waals surface area (Å²) in [5.74, 6) is -2.31. The van der Waals surface area contributed by atoms with Crippen LogP contribution in [-0.4, -0.2) is 283 Å². The summed E-state index contributed by atoms with van der Waals surface area (Å²) in [5.41, 5.74) is 0. The van der Waals surface area contributed by atoms with Gasteiger partial charge in [-0.15, -0.1) is 0 Å². The van der Waals surface area contributed by atoms with Crippen molar-refractivity contribution in [2.45, 2.75) is 162 Å². The van der Waals surface area contributed by atoms with Crippen molar-refractivity contribution in [2.24, 2.45) is 0 Å². The predicted molar refractivity (Wildman–Crippen MR) is 223 cm³/mol. The van der Waals surface area contributed by atoms with E-state index in [0.29, 0.717) is 13.0 Å². The fraction of sp³-hybridized carbons (Fsp3) is 0.900. The molecule has 4 aliphatic heterocycles. The van der Waals surface area contributed by atoms with E-state index in [1.54, 1.807) is 6.92 Å². The molecule has 16 N–H and O–H groups in total. The van der Waals surface area contributed by atoms with Crippen LogP contribution in [0, 0.1) is 0 Å². The lowest BCUT2D eigenvalue weighted by Crippen LogP contribution is -2.65. The second-order valence-electron chi connectivity index (χ2n) is 16.9. The molecule has 29 nitrogen and oxygen atoms in total. The highest BCUT2D eigenvalue weighted by Crippen LogP contribution is 2.31. The molecule has 4 aliphatic rings. The van der Waals surface area contributed by atoms with Gasteiger partial charge in [-0.2, -0.15) is 0 Å². The lowest BCUT2D eigenvalue weighted by molar-refractivity contribution is -0.366. The highest BCUT2D eigenvalue weighted by molar-refractivity contribution is 5.89. The van der Waals surface area contributed by atoms with Crippen molar-refractivity contribution in [3.05, 3.63) is 0 Å². The molecule has 4 amide bonds. The van der Waals surface area contributed by atoms with Crippen LogP contribution in [0.3, 0.4) is 0 Å². The Bertz CT molecular complexity index is 1590. The zero-order valence-electron chi connectivity index (χ0n) is 38.1. The number of aliphatic hydroxyl groups is 13. The minimum Gasteiger partial charge on any atom is -0.394 e. The van der Waals surface area contributed by atoms with Crippen molar-refractivity contribution >= 4 is 23.6 Å². The molecule has 0 radical (unpaired) electrons. The molecule has 0 unspecified atom stereocenters. The predicted octanol–water partition coefficient (Wildman–Crippen LogP) is -9.95. The summed E-state index contributed by atoms with van der Waals surface area (Å²) in [4.78, 5) is 52.2. The third kappa shape index (κ3) is 16.3. The quantitative estimate of drug-likeness (QED) is 0.0378. The number of rotatable bonds is 25. The van der Waals surface area contributed by atoms with Gasteiger partial charge in [0.05, 0.1) is 39.1 Å². The number of unbranched alkanes of at least 4 members (excludes halogenated alkanes) is 1. The summed E-state index contributed by atoms with van der Waals surface area (Å²) >= 11 is 0. The van der Waals surface area contributed by atoms with Crippen molar-refractivity contribution in [3.63, 3.8) is 0 Å². The van der Waals surface area contributed by atoms with E-state index < -0.39 is 180 Å². The molecule has 4 heterocycles. The molecule has 0 saturated carbocycles. The summed E-state index contributed by atoms with van der Waals surface area (Å²) < 4.78 is 44.1. The molecule has 4 rings (SSSR count). The number of amides is 4. The van der Waals surface area contributed by atoms with E-state index in [-0.39, 0.29) is 44.9 Å². The van der Waals surface area contributed by atoms with Crippen molar-refractivity contribution in [1.82, 2.24) is 20.9 Å². The van der Waals surface area contributed by atoms with Gasteiger partial charge in [0, 0.05) is 32.5 Å².